The van der Waals surface area contributed by atoms with Gasteiger partial charge in [0.2, 0.25) is 0 Å². The van der Waals surface area contributed by atoms with Crippen LogP contribution in [0.15, 0.2) is 42.5 Å². The smallest absolute Gasteiger partial charge is 0.340 e. The minimum Gasteiger partial charge on any atom is -0.462 e. The van der Waals surface area contributed by atoms with E-state index in [1.165, 1.54) is 0 Å². The predicted molar refractivity (Wildman–Crippen MR) is 91.5 cm³/mol. The Balaban J connectivity index is 2.15. The number of hydrogen-bond donors (Lipinski definition) is 2. The fraction of sp³-hybridized carbons (Fsp3) is 0.125. The van der Waals surface area contributed by atoms with E-state index in [2.05, 4.69) is 10.6 Å². The normalized spacial score (nSPS) is 10.0. The van der Waals surface area contributed by atoms with Gasteiger partial charge in [0.15, 0.2) is 0 Å². The zero-order chi connectivity index (χ0) is 16.8. The van der Waals surface area contributed by atoms with Gasteiger partial charge in [0.05, 0.1) is 33.6 Å². The molecule has 0 aliphatic rings. The van der Waals surface area contributed by atoms with E-state index < -0.39 is 12.0 Å². The number of urea groups is 1. The fourth-order valence-electron chi connectivity index (χ4n) is 1.86. The van der Waals surface area contributed by atoms with Crippen molar-refractivity contribution in [2.24, 2.45) is 0 Å². The van der Waals surface area contributed by atoms with E-state index >= 15 is 0 Å². The van der Waals surface area contributed by atoms with Crippen molar-refractivity contribution in [1.82, 2.24) is 0 Å². The van der Waals surface area contributed by atoms with Crippen molar-refractivity contribution in [2.45, 2.75) is 6.92 Å². The second-order valence-corrected chi connectivity index (χ2v) is 5.23. The molecular formula is C16H14Cl2N2O3. The van der Waals surface area contributed by atoms with Gasteiger partial charge in [-0.3, -0.25) is 0 Å². The van der Waals surface area contributed by atoms with Gasteiger partial charge in [-0.25, -0.2) is 9.59 Å². The molecule has 0 saturated carbocycles. The molecule has 0 atom stereocenters. The maximum Gasteiger partial charge on any atom is 0.340 e. The molecule has 5 nitrogen and oxygen atoms in total. The zero-order valence-corrected chi connectivity index (χ0v) is 13.7. The van der Waals surface area contributed by atoms with Crippen molar-refractivity contribution in [3.05, 3.63) is 58.1 Å². The molecule has 0 saturated heterocycles. The summed E-state index contributed by atoms with van der Waals surface area (Å²) < 4.78 is 4.95. The molecule has 2 N–H and O–H groups in total. The molecule has 0 aliphatic carbocycles. The van der Waals surface area contributed by atoms with Crippen LogP contribution < -0.4 is 10.6 Å². The number of rotatable bonds is 4. The molecule has 120 valence electrons. The first kappa shape index (κ1) is 17.1. The number of esters is 1. The maximum absolute atomic E-state index is 12.1. The van der Waals surface area contributed by atoms with Crippen molar-refractivity contribution < 1.29 is 14.3 Å². The molecule has 2 aromatic carbocycles. The number of anilines is 2. The molecule has 0 radical (unpaired) electrons. The third-order valence-electron chi connectivity index (χ3n) is 2.87. The molecule has 0 aliphatic heterocycles. The molecule has 2 amide bonds. The molecule has 0 heterocycles. The summed E-state index contributed by atoms with van der Waals surface area (Å²) in [5.74, 6) is -0.510. The Morgan fingerprint density at radius 2 is 1.65 bits per heavy atom. The molecular weight excluding hydrogens is 339 g/mol. The highest BCUT2D eigenvalue weighted by Gasteiger charge is 2.14. The molecule has 0 spiro atoms. The summed E-state index contributed by atoms with van der Waals surface area (Å²) in [6.45, 7) is 1.96. The summed E-state index contributed by atoms with van der Waals surface area (Å²) in [5, 5.41) is 5.74. The number of carbonyl (C=O) groups is 2. The lowest BCUT2D eigenvalue weighted by Crippen LogP contribution is -2.21. The quantitative estimate of drug-likeness (QED) is 0.775. The Kier molecular flexibility index (Phi) is 5.84. The Morgan fingerprint density at radius 1 is 1.00 bits per heavy atom. The number of amides is 2. The Labute approximate surface area is 143 Å². The highest BCUT2D eigenvalue weighted by Crippen LogP contribution is 2.29. The van der Waals surface area contributed by atoms with Crippen LogP contribution in [-0.2, 0) is 4.74 Å². The van der Waals surface area contributed by atoms with Gasteiger partial charge in [0.25, 0.3) is 0 Å². The molecule has 0 unspecified atom stereocenters. The largest absolute Gasteiger partial charge is 0.462 e. The Morgan fingerprint density at radius 3 is 2.39 bits per heavy atom. The first-order chi connectivity index (χ1) is 11.0. The number of nitrogens with one attached hydrogen (secondary N) is 2. The summed E-state index contributed by atoms with van der Waals surface area (Å²) in [7, 11) is 0. The van der Waals surface area contributed by atoms with Crippen LogP contribution in [0.2, 0.25) is 10.0 Å². The third-order valence-corrected chi connectivity index (χ3v) is 3.69. The monoisotopic (exact) mass is 352 g/mol. The lowest BCUT2D eigenvalue weighted by atomic mass is 10.2. The first-order valence-corrected chi connectivity index (χ1v) is 7.56. The number of benzene rings is 2. The van der Waals surface area contributed by atoms with Gasteiger partial charge in [-0.2, -0.15) is 0 Å². The van der Waals surface area contributed by atoms with Crippen LogP contribution in [0.4, 0.5) is 16.2 Å². The lowest BCUT2D eigenvalue weighted by molar-refractivity contribution is 0.0527. The molecule has 2 aromatic rings. The van der Waals surface area contributed by atoms with Gasteiger partial charge in [0.1, 0.15) is 0 Å². The average molecular weight is 353 g/mol. The molecule has 0 bridgehead atoms. The van der Waals surface area contributed by atoms with E-state index in [1.54, 1.807) is 49.4 Å². The van der Waals surface area contributed by atoms with Crippen molar-refractivity contribution in [3.63, 3.8) is 0 Å². The Bertz CT molecular complexity index is 735. The second kappa shape index (κ2) is 7.85. The van der Waals surface area contributed by atoms with E-state index in [0.29, 0.717) is 16.4 Å². The zero-order valence-electron chi connectivity index (χ0n) is 12.2. The van der Waals surface area contributed by atoms with Crippen LogP contribution in [0.3, 0.4) is 0 Å². The lowest BCUT2D eigenvalue weighted by Gasteiger charge is -2.12. The van der Waals surface area contributed by atoms with Crippen LogP contribution >= 0.6 is 23.2 Å². The Hall–Kier alpha value is -2.24. The van der Waals surface area contributed by atoms with Crippen LogP contribution in [0.1, 0.15) is 17.3 Å². The minimum atomic E-state index is -0.550. The highest BCUT2D eigenvalue weighted by atomic mass is 35.5. The summed E-state index contributed by atoms with van der Waals surface area (Å²) in [6.07, 6.45) is 0. The molecule has 0 aromatic heterocycles. The van der Waals surface area contributed by atoms with Gasteiger partial charge in [-0.15, -0.1) is 0 Å². The van der Waals surface area contributed by atoms with E-state index in [9.17, 15) is 9.59 Å². The number of carbonyl (C=O) groups excluding carboxylic acids is 2. The van der Waals surface area contributed by atoms with Crippen LogP contribution in [0.5, 0.6) is 0 Å². The second-order valence-electron chi connectivity index (χ2n) is 4.45. The van der Waals surface area contributed by atoms with Crippen LogP contribution in [0, 0.1) is 0 Å². The standard InChI is InChI=1S/C16H14Cl2N2O3/c1-2-23-15(21)10-6-3-4-8-12(10)19-16(22)20-13-9-5-7-11(17)14(13)18/h3-9H,2H2,1H3,(H2,19,20,22). The average Bonchev–Trinajstić information content (AvgIpc) is 2.52. The number of hydrogen-bond acceptors (Lipinski definition) is 3. The highest BCUT2D eigenvalue weighted by molar-refractivity contribution is 6.44. The predicted octanol–water partition coefficient (Wildman–Crippen LogP) is 4.81. The first-order valence-electron chi connectivity index (χ1n) is 6.81. The van der Waals surface area contributed by atoms with Crippen LogP contribution in [0.25, 0.3) is 0 Å². The van der Waals surface area contributed by atoms with E-state index in [1.807, 2.05) is 0 Å². The third kappa shape index (κ3) is 4.37. The molecule has 23 heavy (non-hydrogen) atoms. The van der Waals surface area contributed by atoms with E-state index in [-0.39, 0.29) is 17.2 Å². The SMILES string of the molecule is CCOC(=O)c1ccccc1NC(=O)Nc1cccc(Cl)c1Cl. The van der Waals surface area contributed by atoms with E-state index in [0.717, 1.165) is 0 Å². The summed E-state index contributed by atoms with van der Waals surface area (Å²) in [6, 6.07) is 10.9. The van der Waals surface area contributed by atoms with Gasteiger partial charge in [0, 0.05) is 0 Å². The topological polar surface area (TPSA) is 67.4 Å². The summed E-state index contributed by atoms with van der Waals surface area (Å²) in [5.41, 5.74) is 0.966. The van der Waals surface area contributed by atoms with Crippen molar-refractivity contribution >= 4 is 46.6 Å². The fourth-order valence-corrected chi connectivity index (χ4v) is 2.20. The summed E-state index contributed by atoms with van der Waals surface area (Å²) >= 11 is 11.9. The van der Waals surface area contributed by atoms with Gasteiger partial charge < -0.3 is 15.4 Å². The van der Waals surface area contributed by atoms with Crippen molar-refractivity contribution in [1.29, 1.82) is 0 Å². The van der Waals surface area contributed by atoms with Crippen molar-refractivity contribution in [3.8, 4) is 0 Å². The number of ether oxygens (including phenoxy) is 1. The molecule has 0 fully saturated rings. The minimum absolute atomic E-state index is 0.239. The molecule has 2 rings (SSSR count). The number of halogens is 2. The maximum atomic E-state index is 12.1. The molecule has 7 heteroatoms. The van der Waals surface area contributed by atoms with Crippen molar-refractivity contribution in [2.75, 3.05) is 17.2 Å². The van der Waals surface area contributed by atoms with Gasteiger partial charge >= 0.3 is 12.0 Å². The van der Waals surface area contributed by atoms with E-state index in [4.69, 9.17) is 27.9 Å². The van der Waals surface area contributed by atoms with Gasteiger partial charge in [-0.05, 0) is 31.2 Å². The van der Waals surface area contributed by atoms with Crippen LogP contribution in [-0.4, -0.2) is 18.6 Å². The summed E-state index contributed by atoms with van der Waals surface area (Å²) in [4.78, 5) is 24.0. The van der Waals surface area contributed by atoms with Gasteiger partial charge in [-0.1, -0.05) is 41.4 Å². The number of para-hydroxylation sites is 1.